The number of hydrogen-bond donors (Lipinski definition) is 0. The highest BCUT2D eigenvalue weighted by Gasteiger charge is 2.22. The van der Waals surface area contributed by atoms with Crippen LogP contribution in [0.15, 0.2) is 48.5 Å². The molecule has 0 unspecified atom stereocenters. The summed E-state index contributed by atoms with van der Waals surface area (Å²) in [6, 6.07) is 14.4. The molecule has 32 heavy (non-hydrogen) atoms. The Morgan fingerprint density at radius 1 is 0.750 bits per heavy atom. The van der Waals surface area contributed by atoms with E-state index in [1.165, 1.54) is 5.56 Å². The van der Waals surface area contributed by atoms with Crippen LogP contribution in [0.25, 0.3) is 0 Å². The zero-order valence-electron chi connectivity index (χ0n) is 19.4. The molecule has 0 fully saturated rings. The molecule has 0 aliphatic carbocycles. The number of ketones is 2. The second-order valence-corrected chi connectivity index (χ2v) is 7.91. The van der Waals surface area contributed by atoms with Crippen molar-refractivity contribution in [2.75, 3.05) is 7.11 Å². The Hall–Kier alpha value is -2.95. The molecular weight excluding hydrogens is 404 g/mol. The molecule has 0 bridgehead atoms. The predicted molar refractivity (Wildman–Crippen MR) is 125 cm³/mol. The van der Waals surface area contributed by atoms with Crippen LogP contribution in [0, 0.1) is 5.92 Å². The van der Waals surface area contributed by atoms with Gasteiger partial charge >= 0.3 is 5.97 Å². The van der Waals surface area contributed by atoms with Gasteiger partial charge in [-0.2, -0.15) is 0 Å². The highest BCUT2D eigenvalue weighted by atomic mass is 16.5. The van der Waals surface area contributed by atoms with Crippen molar-refractivity contribution in [1.29, 1.82) is 0 Å². The Kier molecular flexibility index (Phi) is 10.6. The molecule has 0 spiro atoms. The number of esters is 1. The highest BCUT2D eigenvalue weighted by molar-refractivity contribution is 6.02. The molecule has 0 aliphatic rings. The summed E-state index contributed by atoms with van der Waals surface area (Å²) in [6.07, 6.45) is 6.50. The van der Waals surface area contributed by atoms with E-state index in [1.807, 2.05) is 38.1 Å². The SMILES string of the molecule is CCC(=O)C(CCCCCCc1ccc(OC(=O)c2ccc(OC)cc2)cc1)C(=O)CC. The van der Waals surface area contributed by atoms with Crippen LogP contribution in [0.2, 0.25) is 0 Å². The molecule has 5 heteroatoms. The molecule has 0 N–H and O–H groups in total. The Bertz CT molecular complexity index is 852. The number of hydrogen-bond acceptors (Lipinski definition) is 5. The van der Waals surface area contributed by atoms with Gasteiger partial charge in [0.15, 0.2) is 0 Å². The van der Waals surface area contributed by atoms with E-state index in [1.54, 1.807) is 31.4 Å². The minimum atomic E-state index is -0.404. The standard InChI is InChI=1S/C27H34O5/c1-4-25(28)24(26(29)5-2)11-9-7-6-8-10-20-12-16-23(17-13-20)32-27(30)21-14-18-22(31-3)19-15-21/h12-19,24H,4-11H2,1-3H3. The molecule has 5 nitrogen and oxygen atoms in total. The normalized spacial score (nSPS) is 10.8. The van der Waals surface area contributed by atoms with Crippen molar-refractivity contribution >= 4 is 17.5 Å². The number of methoxy groups -OCH3 is 1. The minimum Gasteiger partial charge on any atom is -0.497 e. The first-order chi connectivity index (χ1) is 15.5. The molecule has 172 valence electrons. The molecule has 0 saturated carbocycles. The van der Waals surface area contributed by atoms with Crippen molar-refractivity contribution in [3.8, 4) is 11.5 Å². The fourth-order valence-corrected chi connectivity index (χ4v) is 3.64. The third-order valence-electron chi connectivity index (χ3n) is 5.64. The molecule has 0 saturated heterocycles. The van der Waals surface area contributed by atoms with Gasteiger partial charge in [0.05, 0.1) is 18.6 Å². The zero-order chi connectivity index (χ0) is 23.3. The van der Waals surface area contributed by atoms with Gasteiger partial charge < -0.3 is 9.47 Å². The summed E-state index contributed by atoms with van der Waals surface area (Å²) in [6.45, 7) is 3.65. The van der Waals surface area contributed by atoms with Gasteiger partial charge in [-0.25, -0.2) is 4.79 Å². The van der Waals surface area contributed by atoms with Crippen LogP contribution >= 0.6 is 0 Å². The van der Waals surface area contributed by atoms with Crippen LogP contribution < -0.4 is 9.47 Å². The summed E-state index contributed by atoms with van der Waals surface area (Å²) in [7, 11) is 1.58. The van der Waals surface area contributed by atoms with Gasteiger partial charge in [-0.05, 0) is 61.2 Å². The average Bonchev–Trinajstić information content (AvgIpc) is 2.83. The third-order valence-corrected chi connectivity index (χ3v) is 5.64. The largest absolute Gasteiger partial charge is 0.497 e. The van der Waals surface area contributed by atoms with Crippen molar-refractivity contribution in [2.24, 2.45) is 5.92 Å². The molecule has 0 aliphatic heterocycles. The Morgan fingerprint density at radius 3 is 1.88 bits per heavy atom. The van der Waals surface area contributed by atoms with Gasteiger partial charge in [-0.1, -0.05) is 45.2 Å². The fraction of sp³-hybridized carbons (Fsp3) is 0.444. The van der Waals surface area contributed by atoms with Gasteiger partial charge in [-0.3, -0.25) is 9.59 Å². The average molecular weight is 439 g/mol. The molecule has 0 radical (unpaired) electrons. The maximum atomic E-state index is 12.2. The summed E-state index contributed by atoms with van der Waals surface area (Å²) >= 11 is 0. The minimum absolute atomic E-state index is 0.0737. The van der Waals surface area contributed by atoms with Crippen LogP contribution in [0.5, 0.6) is 11.5 Å². The molecule has 2 aromatic rings. The van der Waals surface area contributed by atoms with E-state index in [9.17, 15) is 14.4 Å². The molecule has 0 heterocycles. The van der Waals surface area contributed by atoms with E-state index in [0.717, 1.165) is 32.1 Å². The lowest BCUT2D eigenvalue weighted by atomic mass is 9.90. The van der Waals surface area contributed by atoms with Crippen molar-refractivity contribution < 1.29 is 23.9 Å². The lowest BCUT2D eigenvalue weighted by Gasteiger charge is -2.12. The van der Waals surface area contributed by atoms with Gasteiger partial charge in [-0.15, -0.1) is 0 Å². The molecular formula is C27H34O5. The first-order valence-corrected chi connectivity index (χ1v) is 11.5. The summed E-state index contributed by atoms with van der Waals surface area (Å²) in [5.41, 5.74) is 1.66. The van der Waals surface area contributed by atoms with Crippen molar-refractivity contribution in [3.05, 3.63) is 59.7 Å². The molecule has 0 atom stereocenters. The number of rotatable bonds is 14. The van der Waals surface area contributed by atoms with Crippen LogP contribution in [-0.2, 0) is 16.0 Å². The topological polar surface area (TPSA) is 69.7 Å². The van der Waals surface area contributed by atoms with Crippen molar-refractivity contribution in [1.82, 2.24) is 0 Å². The summed E-state index contributed by atoms with van der Waals surface area (Å²) < 4.78 is 10.5. The maximum Gasteiger partial charge on any atom is 0.343 e. The first-order valence-electron chi connectivity index (χ1n) is 11.5. The van der Waals surface area contributed by atoms with E-state index >= 15 is 0 Å². The quantitative estimate of drug-likeness (QED) is 0.157. The smallest absolute Gasteiger partial charge is 0.343 e. The van der Waals surface area contributed by atoms with Gasteiger partial charge in [0, 0.05) is 12.8 Å². The number of aryl methyl sites for hydroxylation is 1. The van der Waals surface area contributed by atoms with Gasteiger partial charge in [0.2, 0.25) is 0 Å². The fourth-order valence-electron chi connectivity index (χ4n) is 3.64. The van der Waals surface area contributed by atoms with E-state index in [2.05, 4.69) is 0 Å². The first kappa shape index (κ1) is 25.3. The zero-order valence-corrected chi connectivity index (χ0v) is 19.4. The lowest BCUT2D eigenvalue weighted by Crippen LogP contribution is -2.22. The monoisotopic (exact) mass is 438 g/mol. The second-order valence-electron chi connectivity index (χ2n) is 7.91. The van der Waals surface area contributed by atoms with E-state index in [0.29, 0.717) is 36.3 Å². The van der Waals surface area contributed by atoms with Crippen LogP contribution in [0.3, 0.4) is 0 Å². The molecule has 2 aromatic carbocycles. The van der Waals surface area contributed by atoms with Crippen LogP contribution in [-0.4, -0.2) is 24.6 Å². The number of Topliss-reactive ketones (excluding diaryl/α,β-unsaturated/α-hetero) is 2. The van der Waals surface area contributed by atoms with E-state index in [4.69, 9.17) is 9.47 Å². The number of unbranched alkanes of at least 4 members (excludes halogenated alkanes) is 3. The lowest BCUT2D eigenvalue weighted by molar-refractivity contribution is -0.132. The Morgan fingerprint density at radius 2 is 1.31 bits per heavy atom. The number of benzene rings is 2. The molecule has 0 amide bonds. The molecule has 0 aromatic heterocycles. The molecule has 2 rings (SSSR count). The summed E-state index contributed by atoms with van der Waals surface area (Å²) in [5, 5.41) is 0. The van der Waals surface area contributed by atoms with Crippen molar-refractivity contribution in [3.63, 3.8) is 0 Å². The number of carbonyl (C=O) groups excluding carboxylic acids is 3. The third kappa shape index (κ3) is 7.95. The second kappa shape index (κ2) is 13.5. The number of ether oxygens (including phenoxy) is 2. The summed E-state index contributed by atoms with van der Waals surface area (Å²) in [4.78, 5) is 36.2. The maximum absolute atomic E-state index is 12.2. The number of carbonyl (C=O) groups is 3. The van der Waals surface area contributed by atoms with Crippen LogP contribution in [0.4, 0.5) is 0 Å². The van der Waals surface area contributed by atoms with Gasteiger partial charge in [0.25, 0.3) is 0 Å². The summed E-state index contributed by atoms with van der Waals surface area (Å²) in [5.74, 6) is 0.547. The van der Waals surface area contributed by atoms with Crippen LogP contribution in [0.1, 0.15) is 74.7 Å². The predicted octanol–water partition coefficient (Wildman–Crippen LogP) is 5.98. The van der Waals surface area contributed by atoms with Crippen molar-refractivity contribution in [2.45, 2.75) is 65.2 Å². The highest BCUT2D eigenvalue weighted by Crippen LogP contribution is 2.19. The Balaban J connectivity index is 1.71. The van der Waals surface area contributed by atoms with E-state index in [-0.39, 0.29) is 11.6 Å². The van der Waals surface area contributed by atoms with Gasteiger partial charge in [0.1, 0.15) is 23.1 Å². The van der Waals surface area contributed by atoms with E-state index < -0.39 is 11.9 Å². The Labute approximate surface area is 191 Å².